The summed E-state index contributed by atoms with van der Waals surface area (Å²) in [6.45, 7) is 1.61. The molecule has 1 aromatic carbocycles. The molecule has 3 rings (SSSR count). The lowest BCUT2D eigenvalue weighted by atomic mass is 9.93. The van der Waals surface area contributed by atoms with Gasteiger partial charge in [0.25, 0.3) is 0 Å². The molecular weight excluding hydrogens is 303 g/mol. The molecule has 0 aromatic heterocycles. The molecule has 1 N–H and O–H groups in total. The van der Waals surface area contributed by atoms with Crippen LogP contribution in [0.25, 0.3) is 0 Å². The van der Waals surface area contributed by atoms with Gasteiger partial charge in [0.15, 0.2) is 5.17 Å². The Hall–Kier alpha value is -0.420. The van der Waals surface area contributed by atoms with E-state index in [2.05, 4.69) is 5.32 Å². The third kappa shape index (κ3) is 3.19. The van der Waals surface area contributed by atoms with Crippen molar-refractivity contribution in [2.45, 2.75) is 18.4 Å². The van der Waals surface area contributed by atoms with Gasteiger partial charge in [-0.1, -0.05) is 35.0 Å². The van der Waals surface area contributed by atoms with Crippen LogP contribution in [0.3, 0.4) is 0 Å². The number of ether oxygens (including phenoxy) is 1. The van der Waals surface area contributed by atoms with Crippen molar-refractivity contribution in [1.29, 1.82) is 0 Å². The molecule has 3 nitrogen and oxygen atoms in total. The van der Waals surface area contributed by atoms with E-state index in [-0.39, 0.29) is 5.54 Å². The predicted octanol–water partition coefficient (Wildman–Crippen LogP) is 4.06. The van der Waals surface area contributed by atoms with Gasteiger partial charge in [-0.25, -0.2) is 0 Å². The predicted molar refractivity (Wildman–Crippen MR) is 82.8 cm³/mol. The Morgan fingerprint density at radius 1 is 1.16 bits per heavy atom. The molecule has 1 spiro atoms. The largest absolute Gasteiger partial charge is 0.381 e. The SMILES string of the molecule is Clc1cc(Cl)cc(NC2=NC3(CCOCC3)CS2)c1. The Bertz CT molecular complexity index is 495. The second kappa shape index (κ2) is 5.52. The van der Waals surface area contributed by atoms with E-state index in [9.17, 15) is 0 Å². The summed E-state index contributed by atoms with van der Waals surface area (Å²) in [6.07, 6.45) is 2.00. The van der Waals surface area contributed by atoms with E-state index in [1.54, 1.807) is 17.8 Å². The number of nitrogens with one attached hydrogen (secondary N) is 1. The highest BCUT2D eigenvalue weighted by Crippen LogP contribution is 2.36. The molecule has 0 saturated carbocycles. The fourth-order valence-corrected chi connectivity index (χ4v) is 4.04. The third-order valence-corrected chi connectivity index (χ3v) is 4.94. The Morgan fingerprint density at radius 2 is 1.84 bits per heavy atom. The van der Waals surface area contributed by atoms with Crippen molar-refractivity contribution in [3.63, 3.8) is 0 Å². The first-order chi connectivity index (χ1) is 9.15. The molecule has 2 heterocycles. The second-order valence-electron chi connectivity index (χ2n) is 4.83. The van der Waals surface area contributed by atoms with E-state index in [1.807, 2.05) is 12.1 Å². The fourth-order valence-electron chi connectivity index (χ4n) is 2.30. The first-order valence-corrected chi connectivity index (χ1v) is 7.93. The number of nitrogens with zero attached hydrogens (tertiary/aromatic N) is 1. The molecule has 0 unspecified atom stereocenters. The van der Waals surface area contributed by atoms with Gasteiger partial charge in [-0.15, -0.1) is 0 Å². The molecule has 1 saturated heterocycles. The Morgan fingerprint density at radius 3 is 2.53 bits per heavy atom. The molecule has 6 heteroatoms. The Labute approximate surface area is 126 Å². The summed E-state index contributed by atoms with van der Waals surface area (Å²) in [5, 5.41) is 5.49. The smallest absolute Gasteiger partial charge is 0.161 e. The van der Waals surface area contributed by atoms with Crippen LogP contribution in [0, 0.1) is 0 Å². The van der Waals surface area contributed by atoms with Gasteiger partial charge in [0.1, 0.15) is 0 Å². The van der Waals surface area contributed by atoms with Gasteiger partial charge in [0.2, 0.25) is 0 Å². The van der Waals surface area contributed by atoms with Crippen LogP contribution in [0.4, 0.5) is 5.69 Å². The Balaban J connectivity index is 1.75. The highest BCUT2D eigenvalue weighted by molar-refractivity contribution is 8.14. The van der Waals surface area contributed by atoms with E-state index >= 15 is 0 Å². The van der Waals surface area contributed by atoms with Crippen LogP contribution in [0.5, 0.6) is 0 Å². The number of halogens is 2. The number of aliphatic imine (C=N–C) groups is 1. The second-order valence-corrected chi connectivity index (χ2v) is 6.66. The van der Waals surface area contributed by atoms with Crippen molar-refractivity contribution in [3.05, 3.63) is 28.2 Å². The molecule has 2 aliphatic heterocycles. The molecule has 0 bridgehead atoms. The fraction of sp³-hybridized carbons (Fsp3) is 0.462. The van der Waals surface area contributed by atoms with E-state index in [0.29, 0.717) is 10.0 Å². The van der Waals surface area contributed by atoms with Crippen LogP contribution in [-0.4, -0.2) is 29.7 Å². The highest BCUT2D eigenvalue weighted by atomic mass is 35.5. The molecule has 1 aromatic rings. The van der Waals surface area contributed by atoms with Gasteiger partial charge in [0, 0.05) is 34.7 Å². The first kappa shape index (κ1) is 13.6. The van der Waals surface area contributed by atoms with Crippen LogP contribution in [0.1, 0.15) is 12.8 Å². The zero-order valence-corrected chi connectivity index (χ0v) is 12.6. The number of rotatable bonds is 1. The first-order valence-electron chi connectivity index (χ1n) is 6.19. The zero-order valence-electron chi connectivity index (χ0n) is 10.3. The van der Waals surface area contributed by atoms with Crippen molar-refractivity contribution in [2.75, 3.05) is 24.3 Å². The van der Waals surface area contributed by atoms with Crippen molar-refractivity contribution in [3.8, 4) is 0 Å². The molecular formula is C13H14Cl2N2OS. The van der Waals surface area contributed by atoms with E-state index < -0.39 is 0 Å². The number of hydrogen-bond donors (Lipinski definition) is 1. The lowest BCUT2D eigenvalue weighted by Gasteiger charge is -2.29. The van der Waals surface area contributed by atoms with Gasteiger partial charge < -0.3 is 10.1 Å². The lowest BCUT2D eigenvalue weighted by Crippen LogP contribution is -2.34. The highest BCUT2D eigenvalue weighted by Gasteiger charge is 2.37. The molecule has 19 heavy (non-hydrogen) atoms. The summed E-state index contributed by atoms with van der Waals surface area (Å²) in [7, 11) is 0. The van der Waals surface area contributed by atoms with Gasteiger partial charge in [-0.2, -0.15) is 0 Å². The Kier molecular flexibility index (Phi) is 3.94. The number of benzene rings is 1. The van der Waals surface area contributed by atoms with Crippen molar-refractivity contribution in [2.24, 2.45) is 4.99 Å². The maximum Gasteiger partial charge on any atom is 0.161 e. The topological polar surface area (TPSA) is 33.6 Å². The zero-order chi connectivity index (χ0) is 13.3. The van der Waals surface area contributed by atoms with Crippen molar-refractivity contribution >= 4 is 45.8 Å². The van der Waals surface area contributed by atoms with Crippen LogP contribution in [-0.2, 0) is 4.74 Å². The maximum absolute atomic E-state index is 5.99. The molecule has 0 radical (unpaired) electrons. The quantitative estimate of drug-likeness (QED) is 0.848. The molecule has 0 amide bonds. The normalized spacial score (nSPS) is 21.5. The minimum absolute atomic E-state index is 0.0631. The molecule has 102 valence electrons. The molecule has 0 aliphatic carbocycles. The number of anilines is 1. The third-order valence-electron chi connectivity index (χ3n) is 3.35. The van der Waals surface area contributed by atoms with Crippen LogP contribution < -0.4 is 5.32 Å². The van der Waals surface area contributed by atoms with Crippen LogP contribution in [0.15, 0.2) is 23.2 Å². The monoisotopic (exact) mass is 316 g/mol. The van der Waals surface area contributed by atoms with Gasteiger partial charge in [-0.3, -0.25) is 4.99 Å². The maximum atomic E-state index is 5.99. The molecule has 0 atom stereocenters. The van der Waals surface area contributed by atoms with Gasteiger partial charge in [-0.05, 0) is 31.0 Å². The van der Waals surface area contributed by atoms with Crippen LogP contribution >= 0.6 is 35.0 Å². The molecule has 1 fully saturated rings. The average Bonchev–Trinajstić information content (AvgIpc) is 2.71. The van der Waals surface area contributed by atoms with Gasteiger partial charge >= 0.3 is 0 Å². The minimum Gasteiger partial charge on any atom is -0.381 e. The van der Waals surface area contributed by atoms with Gasteiger partial charge in [0.05, 0.1) is 5.54 Å². The summed E-state index contributed by atoms with van der Waals surface area (Å²) in [5.41, 5.74) is 0.945. The number of thioether (sulfide) groups is 1. The van der Waals surface area contributed by atoms with Crippen molar-refractivity contribution in [1.82, 2.24) is 0 Å². The summed E-state index contributed by atoms with van der Waals surface area (Å²) in [5.74, 6) is 1.02. The lowest BCUT2D eigenvalue weighted by molar-refractivity contribution is 0.0624. The van der Waals surface area contributed by atoms with Crippen LogP contribution in [0.2, 0.25) is 10.0 Å². The van der Waals surface area contributed by atoms with E-state index in [1.165, 1.54) is 0 Å². The molecule has 2 aliphatic rings. The summed E-state index contributed by atoms with van der Waals surface area (Å²) < 4.78 is 5.41. The summed E-state index contributed by atoms with van der Waals surface area (Å²) >= 11 is 13.7. The minimum atomic E-state index is 0.0631. The number of amidine groups is 1. The van der Waals surface area contributed by atoms with Crippen molar-refractivity contribution < 1.29 is 4.74 Å². The van der Waals surface area contributed by atoms with E-state index in [0.717, 1.165) is 42.7 Å². The number of hydrogen-bond acceptors (Lipinski definition) is 4. The van der Waals surface area contributed by atoms with E-state index in [4.69, 9.17) is 32.9 Å². The summed E-state index contributed by atoms with van der Waals surface area (Å²) in [4.78, 5) is 4.84. The average molecular weight is 317 g/mol. The summed E-state index contributed by atoms with van der Waals surface area (Å²) in [6, 6.07) is 5.43. The standard InChI is InChI=1S/C13H14Cl2N2OS/c14-9-5-10(15)7-11(6-9)16-12-17-13(8-19-12)1-3-18-4-2-13/h5-7H,1-4,8H2,(H,16,17).